The first-order valence-electron chi connectivity index (χ1n) is 6.43. The minimum absolute atomic E-state index is 0.379. The molecule has 0 spiro atoms. The Morgan fingerprint density at radius 3 is 2.38 bits per heavy atom. The Labute approximate surface area is 100 Å². The van der Waals surface area contributed by atoms with Gasteiger partial charge in [0.1, 0.15) is 0 Å². The topological polar surface area (TPSA) is 20.2 Å². The quantitative estimate of drug-likeness (QED) is 0.658. The molecule has 1 nitrogen and oxygen atoms in total. The SMILES string of the molecule is C/C1=C/C[C@H](C(C)(C)O)CC/C(C)=C/CC1. The summed E-state index contributed by atoms with van der Waals surface area (Å²) in [6.45, 7) is 8.28. The van der Waals surface area contributed by atoms with Crippen LogP contribution < -0.4 is 0 Å². The van der Waals surface area contributed by atoms with Crippen molar-refractivity contribution in [3.05, 3.63) is 23.3 Å². The number of rotatable bonds is 1. The van der Waals surface area contributed by atoms with Gasteiger partial charge in [-0.25, -0.2) is 0 Å². The fraction of sp³-hybridized carbons (Fsp3) is 0.733. The molecule has 0 amide bonds. The van der Waals surface area contributed by atoms with Gasteiger partial charge in [-0.2, -0.15) is 0 Å². The minimum Gasteiger partial charge on any atom is -0.390 e. The van der Waals surface area contributed by atoms with Gasteiger partial charge in [0.25, 0.3) is 0 Å². The fourth-order valence-electron chi connectivity index (χ4n) is 2.26. The lowest BCUT2D eigenvalue weighted by atomic mass is 9.82. The molecule has 1 rings (SSSR count). The van der Waals surface area contributed by atoms with Gasteiger partial charge in [-0.3, -0.25) is 0 Å². The van der Waals surface area contributed by atoms with Gasteiger partial charge in [-0.15, -0.1) is 0 Å². The summed E-state index contributed by atoms with van der Waals surface area (Å²) in [7, 11) is 0. The number of hydrogen-bond acceptors (Lipinski definition) is 1. The average Bonchev–Trinajstić information content (AvgIpc) is 2.15. The van der Waals surface area contributed by atoms with Crippen molar-refractivity contribution in [1.29, 1.82) is 0 Å². The van der Waals surface area contributed by atoms with E-state index in [-0.39, 0.29) is 0 Å². The van der Waals surface area contributed by atoms with Gasteiger partial charge >= 0.3 is 0 Å². The van der Waals surface area contributed by atoms with E-state index in [9.17, 15) is 5.11 Å². The molecule has 92 valence electrons. The van der Waals surface area contributed by atoms with E-state index in [1.54, 1.807) is 0 Å². The molecule has 0 aromatic rings. The van der Waals surface area contributed by atoms with Gasteiger partial charge in [0, 0.05) is 0 Å². The van der Waals surface area contributed by atoms with Crippen LogP contribution in [0.3, 0.4) is 0 Å². The Balaban J connectivity index is 2.75. The standard InChI is InChI=1S/C15H26O/c1-12-6-5-7-13(2)9-11-14(10-8-12)15(3,4)16/h6,9,14,16H,5,7-8,10-11H2,1-4H3/b12-6+,13-9-/t14-/m1/s1. The zero-order valence-corrected chi connectivity index (χ0v) is 11.2. The highest BCUT2D eigenvalue weighted by Crippen LogP contribution is 2.29. The summed E-state index contributed by atoms with van der Waals surface area (Å²) in [5.74, 6) is 0.379. The molecule has 16 heavy (non-hydrogen) atoms. The summed E-state index contributed by atoms with van der Waals surface area (Å²) in [5.41, 5.74) is 2.38. The molecule has 0 bridgehead atoms. The van der Waals surface area contributed by atoms with Crippen LogP contribution in [0.2, 0.25) is 0 Å². The third-order valence-electron chi connectivity index (χ3n) is 3.67. The molecule has 0 aliphatic heterocycles. The van der Waals surface area contributed by atoms with E-state index in [1.165, 1.54) is 17.6 Å². The van der Waals surface area contributed by atoms with E-state index < -0.39 is 5.60 Å². The average molecular weight is 222 g/mol. The van der Waals surface area contributed by atoms with Gasteiger partial charge in [0.2, 0.25) is 0 Å². The maximum absolute atomic E-state index is 10.1. The molecule has 0 saturated carbocycles. The van der Waals surface area contributed by atoms with Gasteiger partial charge in [0.15, 0.2) is 0 Å². The van der Waals surface area contributed by atoms with Gasteiger partial charge in [-0.1, -0.05) is 23.3 Å². The van der Waals surface area contributed by atoms with Crippen LogP contribution in [0.4, 0.5) is 0 Å². The van der Waals surface area contributed by atoms with Crippen molar-refractivity contribution < 1.29 is 5.11 Å². The lowest BCUT2D eigenvalue weighted by Crippen LogP contribution is -2.30. The summed E-state index contributed by atoms with van der Waals surface area (Å²) in [5, 5.41) is 10.1. The van der Waals surface area contributed by atoms with Gasteiger partial charge in [-0.05, 0) is 65.7 Å². The summed E-state index contributed by atoms with van der Waals surface area (Å²) in [6, 6.07) is 0. The molecule has 0 aromatic carbocycles. The Morgan fingerprint density at radius 1 is 1.12 bits per heavy atom. The molecule has 1 aliphatic carbocycles. The first-order chi connectivity index (χ1) is 7.39. The van der Waals surface area contributed by atoms with Crippen molar-refractivity contribution in [3.8, 4) is 0 Å². The Morgan fingerprint density at radius 2 is 1.75 bits per heavy atom. The normalized spacial score (nSPS) is 31.2. The molecule has 0 heterocycles. The van der Waals surface area contributed by atoms with E-state index in [2.05, 4.69) is 26.0 Å². The third-order valence-corrected chi connectivity index (χ3v) is 3.67. The van der Waals surface area contributed by atoms with E-state index in [4.69, 9.17) is 0 Å². The second-order valence-electron chi connectivity index (χ2n) is 5.76. The number of allylic oxidation sites excluding steroid dienone is 4. The maximum Gasteiger partial charge on any atom is 0.0622 e. The molecule has 0 unspecified atom stereocenters. The summed E-state index contributed by atoms with van der Waals surface area (Å²) < 4.78 is 0. The van der Waals surface area contributed by atoms with Crippen molar-refractivity contribution in [1.82, 2.24) is 0 Å². The lowest BCUT2D eigenvalue weighted by molar-refractivity contribution is 0.0145. The summed E-state index contributed by atoms with van der Waals surface area (Å²) in [4.78, 5) is 0. The van der Waals surface area contributed by atoms with Crippen LogP contribution in [-0.2, 0) is 0 Å². The zero-order valence-electron chi connectivity index (χ0n) is 11.2. The first-order valence-corrected chi connectivity index (χ1v) is 6.43. The highest BCUT2D eigenvalue weighted by molar-refractivity contribution is 5.06. The molecule has 1 heteroatoms. The van der Waals surface area contributed by atoms with Gasteiger partial charge in [0.05, 0.1) is 5.60 Å². The molecule has 1 atom stereocenters. The Kier molecular flexibility index (Phi) is 4.79. The van der Waals surface area contributed by atoms with Crippen LogP contribution in [0.25, 0.3) is 0 Å². The molecule has 1 N–H and O–H groups in total. The molecular formula is C15H26O. The van der Waals surface area contributed by atoms with E-state index in [1.807, 2.05) is 13.8 Å². The largest absolute Gasteiger partial charge is 0.390 e. The highest BCUT2D eigenvalue weighted by atomic mass is 16.3. The van der Waals surface area contributed by atoms with Crippen molar-refractivity contribution in [2.45, 2.75) is 65.4 Å². The summed E-state index contributed by atoms with van der Waals surface area (Å²) >= 11 is 0. The van der Waals surface area contributed by atoms with Crippen molar-refractivity contribution >= 4 is 0 Å². The monoisotopic (exact) mass is 222 g/mol. The number of aliphatic hydroxyl groups is 1. The van der Waals surface area contributed by atoms with Crippen LogP contribution in [0.1, 0.15) is 59.8 Å². The Hall–Kier alpha value is -0.560. The summed E-state index contributed by atoms with van der Waals surface area (Å²) in [6.07, 6.45) is 10.2. The predicted octanol–water partition coefficient (Wildman–Crippen LogP) is 4.23. The smallest absolute Gasteiger partial charge is 0.0622 e. The molecular weight excluding hydrogens is 196 g/mol. The zero-order chi connectivity index (χ0) is 12.2. The second kappa shape index (κ2) is 5.67. The second-order valence-corrected chi connectivity index (χ2v) is 5.76. The van der Waals surface area contributed by atoms with Crippen LogP contribution in [-0.4, -0.2) is 10.7 Å². The fourth-order valence-corrected chi connectivity index (χ4v) is 2.26. The molecule has 1 aliphatic rings. The van der Waals surface area contributed by atoms with Crippen LogP contribution in [0.15, 0.2) is 23.3 Å². The van der Waals surface area contributed by atoms with Crippen LogP contribution in [0.5, 0.6) is 0 Å². The van der Waals surface area contributed by atoms with Crippen molar-refractivity contribution in [3.63, 3.8) is 0 Å². The third kappa shape index (κ3) is 4.52. The predicted molar refractivity (Wildman–Crippen MR) is 70.4 cm³/mol. The van der Waals surface area contributed by atoms with Crippen LogP contribution >= 0.6 is 0 Å². The van der Waals surface area contributed by atoms with Crippen molar-refractivity contribution in [2.24, 2.45) is 5.92 Å². The van der Waals surface area contributed by atoms with E-state index in [0.717, 1.165) is 25.7 Å². The number of hydrogen-bond donors (Lipinski definition) is 1. The van der Waals surface area contributed by atoms with Crippen LogP contribution in [0, 0.1) is 5.92 Å². The molecule has 0 saturated heterocycles. The first kappa shape index (κ1) is 13.5. The maximum atomic E-state index is 10.1. The lowest BCUT2D eigenvalue weighted by Gasteiger charge is -2.29. The van der Waals surface area contributed by atoms with E-state index >= 15 is 0 Å². The minimum atomic E-state index is -0.559. The highest BCUT2D eigenvalue weighted by Gasteiger charge is 2.25. The molecule has 0 fully saturated rings. The molecule has 0 radical (unpaired) electrons. The Bertz CT molecular complexity index is 278. The molecule has 0 aromatic heterocycles. The van der Waals surface area contributed by atoms with Gasteiger partial charge < -0.3 is 5.11 Å². The van der Waals surface area contributed by atoms with Crippen molar-refractivity contribution in [2.75, 3.05) is 0 Å². The van der Waals surface area contributed by atoms with E-state index in [0.29, 0.717) is 5.92 Å².